The van der Waals surface area contributed by atoms with E-state index in [-0.39, 0.29) is 11.8 Å². The van der Waals surface area contributed by atoms with Gasteiger partial charge in [-0.05, 0) is 32.1 Å². The molecule has 0 fully saturated rings. The number of imidazole rings is 1. The SMILES string of the molecule is COc1nc(-c2ccccc2)nc2c1CCC(C(=O)NCCCn1ccnc1)CC2. The normalized spacial score (nSPS) is 15.8. The van der Waals surface area contributed by atoms with Gasteiger partial charge in [-0.3, -0.25) is 4.79 Å². The summed E-state index contributed by atoms with van der Waals surface area (Å²) >= 11 is 0. The number of nitrogens with one attached hydrogen (secondary N) is 1. The van der Waals surface area contributed by atoms with Gasteiger partial charge in [0.2, 0.25) is 11.8 Å². The van der Waals surface area contributed by atoms with E-state index in [0.717, 1.165) is 55.5 Å². The average molecular weight is 406 g/mol. The summed E-state index contributed by atoms with van der Waals surface area (Å²) in [5.41, 5.74) is 3.00. The zero-order valence-electron chi connectivity index (χ0n) is 17.3. The Bertz CT molecular complexity index is 973. The summed E-state index contributed by atoms with van der Waals surface area (Å²) < 4.78 is 7.60. The maximum Gasteiger partial charge on any atom is 0.223 e. The highest BCUT2D eigenvalue weighted by molar-refractivity contribution is 5.78. The van der Waals surface area contributed by atoms with Crippen molar-refractivity contribution in [3.8, 4) is 17.3 Å². The number of aryl methyl sites for hydroxylation is 2. The van der Waals surface area contributed by atoms with Crippen LogP contribution in [0.3, 0.4) is 0 Å². The van der Waals surface area contributed by atoms with Crippen LogP contribution >= 0.6 is 0 Å². The highest BCUT2D eigenvalue weighted by atomic mass is 16.5. The largest absolute Gasteiger partial charge is 0.481 e. The van der Waals surface area contributed by atoms with Crippen LogP contribution in [-0.2, 0) is 24.2 Å². The number of amides is 1. The van der Waals surface area contributed by atoms with Gasteiger partial charge in [-0.15, -0.1) is 0 Å². The lowest BCUT2D eigenvalue weighted by Crippen LogP contribution is -2.32. The molecule has 7 heteroatoms. The fourth-order valence-electron chi connectivity index (χ4n) is 3.92. The second-order valence-electron chi connectivity index (χ2n) is 7.57. The zero-order valence-corrected chi connectivity index (χ0v) is 17.3. The molecular weight excluding hydrogens is 378 g/mol. The van der Waals surface area contributed by atoms with Crippen LogP contribution in [0.25, 0.3) is 11.4 Å². The van der Waals surface area contributed by atoms with Crippen LogP contribution in [0.2, 0.25) is 0 Å². The number of hydrogen-bond acceptors (Lipinski definition) is 5. The first-order chi connectivity index (χ1) is 14.7. The van der Waals surface area contributed by atoms with Crippen molar-refractivity contribution < 1.29 is 9.53 Å². The van der Waals surface area contributed by atoms with Gasteiger partial charge in [-0.2, -0.15) is 4.98 Å². The summed E-state index contributed by atoms with van der Waals surface area (Å²) in [6.45, 7) is 1.52. The molecular formula is C23H27N5O2. The molecule has 0 radical (unpaired) electrons. The number of methoxy groups -OCH3 is 1. The third-order valence-electron chi connectivity index (χ3n) is 5.57. The smallest absolute Gasteiger partial charge is 0.223 e. The van der Waals surface area contributed by atoms with E-state index >= 15 is 0 Å². The summed E-state index contributed by atoms with van der Waals surface area (Å²) in [6.07, 6.45) is 9.45. The van der Waals surface area contributed by atoms with Crippen molar-refractivity contribution >= 4 is 5.91 Å². The molecule has 3 aromatic rings. The molecule has 0 saturated carbocycles. The Morgan fingerprint density at radius 1 is 1.20 bits per heavy atom. The summed E-state index contributed by atoms with van der Waals surface area (Å²) in [5.74, 6) is 1.41. The van der Waals surface area contributed by atoms with Gasteiger partial charge in [0.15, 0.2) is 5.82 Å². The van der Waals surface area contributed by atoms with Gasteiger partial charge >= 0.3 is 0 Å². The van der Waals surface area contributed by atoms with Crippen LogP contribution in [0.15, 0.2) is 49.1 Å². The molecule has 1 unspecified atom stereocenters. The number of nitrogens with zero attached hydrogens (tertiary/aromatic N) is 4. The molecule has 0 spiro atoms. The second kappa shape index (κ2) is 9.52. The van der Waals surface area contributed by atoms with Crippen molar-refractivity contribution in [1.82, 2.24) is 24.8 Å². The molecule has 1 aliphatic carbocycles. The lowest BCUT2D eigenvalue weighted by atomic mass is 9.99. The first-order valence-corrected chi connectivity index (χ1v) is 10.5. The lowest BCUT2D eigenvalue weighted by Gasteiger charge is -2.14. The van der Waals surface area contributed by atoms with Crippen molar-refractivity contribution in [2.45, 2.75) is 38.6 Å². The number of ether oxygens (including phenoxy) is 1. The van der Waals surface area contributed by atoms with Crippen molar-refractivity contribution in [3.05, 3.63) is 60.3 Å². The fraction of sp³-hybridized carbons (Fsp3) is 0.391. The highest BCUT2D eigenvalue weighted by Crippen LogP contribution is 2.31. The van der Waals surface area contributed by atoms with Gasteiger partial charge in [-0.25, -0.2) is 9.97 Å². The van der Waals surface area contributed by atoms with E-state index in [9.17, 15) is 4.79 Å². The molecule has 2 aromatic heterocycles. The van der Waals surface area contributed by atoms with Crippen molar-refractivity contribution in [3.63, 3.8) is 0 Å². The number of benzene rings is 1. The third-order valence-corrected chi connectivity index (χ3v) is 5.57. The molecule has 1 aliphatic rings. The minimum Gasteiger partial charge on any atom is -0.481 e. The Kier molecular flexibility index (Phi) is 6.37. The number of carbonyl (C=O) groups is 1. The molecule has 7 nitrogen and oxygen atoms in total. The lowest BCUT2D eigenvalue weighted by molar-refractivity contribution is -0.125. The summed E-state index contributed by atoms with van der Waals surface area (Å²) in [6, 6.07) is 9.92. The van der Waals surface area contributed by atoms with E-state index in [1.165, 1.54) is 0 Å². The molecule has 0 bridgehead atoms. The summed E-state index contributed by atoms with van der Waals surface area (Å²) in [5, 5.41) is 3.10. The van der Waals surface area contributed by atoms with E-state index in [4.69, 9.17) is 9.72 Å². The van der Waals surface area contributed by atoms with Crippen LogP contribution in [0.1, 0.15) is 30.5 Å². The Labute approximate surface area is 176 Å². The Balaban J connectivity index is 1.39. The van der Waals surface area contributed by atoms with Gasteiger partial charge in [0.1, 0.15) is 0 Å². The van der Waals surface area contributed by atoms with Crippen LogP contribution < -0.4 is 10.1 Å². The number of fused-ring (bicyclic) bond motifs is 1. The van der Waals surface area contributed by atoms with Gasteiger partial charge < -0.3 is 14.6 Å². The Morgan fingerprint density at radius 3 is 2.80 bits per heavy atom. The molecule has 0 aliphatic heterocycles. The van der Waals surface area contributed by atoms with Gasteiger partial charge in [0.05, 0.1) is 19.1 Å². The van der Waals surface area contributed by atoms with E-state index in [1.54, 1.807) is 19.6 Å². The van der Waals surface area contributed by atoms with Crippen molar-refractivity contribution in [2.75, 3.05) is 13.7 Å². The van der Waals surface area contributed by atoms with E-state index in [1.807, 2.05) is 41.1 Å². The van der Waals surface area contributed by atoms with Gasteiger partial charge in [0.25, 0.3) is 0 Å². The molecule has 1 N–H and O–H groups in total. The first kappa shape index (κ1) is 20.1. The molecule has 1 aromatic carbocycles. The third kappa shape index (κ3) is 4.67. The molecule has 4 rings (SSSR count). The molecule has 1 amide bonds. The maximum absolute atomic E-state index is 12.7. The maximum atomic E-state index is 12.7. The highest BCUT2D eigenvalue weighted by Gasteiger charge is 2.26. The minimum absolute atomic E-state index is 0.0164. The minimum atomic E-state index is -0.0164. The fourth-order valence-corrected chi connectivity index (χ4v) is 3.92. The van der Waals surface area contributed by atoms with Crippen LogP contribution in [-0.4, -0.2) is 39.1 Å². The van der Waals surface area contributed by atoms with Crippen LogP contribution in [0.5, 0.6) is 5.88 Å². The van der Waals surface area contributed by atoms with Crippen LogP contribution in [0.4, 0.5) is 0 Å². The monoisotopic (exact) mass is 405 g/mol. The van der Waals surface area contributed by atoms with Crippen molar-refractivity contribution in [1.29, 1.82) is 0 Å². The number of aromatic nitrogens is 4. The Morgan fingerprint density at radius 2 is 2.03 bits per heavy atom. The van der Waals surface area contributed by atoms with Gasteiger partial charge in [0, 0.05) is 42.5 Å². The standard InChI is InChI=1S/C23H27N5O2/c1-30-23-19-10-8-18(22(29)25-12-5-14-28-15-13-24-16-28)9-11-20(19)26-21(27-23)17-6-3-2-4-7-17/h2-4,6-7,13,15-16,18H,5,8-12,14H2,1H3,(H,25,29). The van der Waals surface area contributed by atoms with Crippen LogP contribution in [0, 0.1) is 5.92 Å². The quantitative estimate of drug-likeness (QED) is 0.483. The number of rotatable bonds is 7. The molecule has 30 heavy (non-hydrogen) atoms. The predicted octanol–water partition coefficient (Wildman–Crippen LogP) is 3.05. The summed E-state index contributed by atoms with van der Waals surface area (Å²) in [7, 11) is 1.65. The van der Waals surface area contributed by atoms with E-state index < -0.39 is 0 Å². The summed E-state index contributed by atoms with van der Waals surface area (Å²) in [4.78, 5) is 26.2. The first-order valence-electron chi connectivity index (χ1n) is 10.5. The second-order valence-corrected chi connectivity index (χ2v) is 7.57. The number of hydrogen-bond donors (Lipinski definition) is 1. The van der Waals surface area contributed by atoms with Gasteiger partial charge in [-0.1, -0.05) is 30.3 Å². The van der Waals surface area contributed by atoms with E-state index in [0.29, 0.717) is 18.2 Å². The molecule has 2 heterocycles. The zero-order chi connectivity index (χ0) is 20.8. The average Bonchev–Trinajstić information content (AvgIpc) is 3.21. The molecule has 156 valence electrons. The predicted molar refractivity (Wildman–Crippen MR) is 114 cm³/mol. The van der Waals surface area contributed by atoms with Crippen molar-refractivity contribution in [2.24, 2.45) is 5.92 Å². The molecule has 1 atom stereocenters. The topological polar surface area (TPSA) is 81.9 Å². The molecule has 0 saturated heterocycles. The van der Waals surface area contributed by atoms with E-state index in [2.05, 4.69) is 15.3 Å². The number of carbonyl (C=O) groups excluding carboxylic acids is 1. The Hall–Kier alpha value is -3.22.